The lowest BCUT2D eigenvalue weighted by molar-refractivity contribution is 0.101. The van der Waals surface area contributed by atoms with Gasteiger partial charge in [0.15, 0.2) is 5.78 Å². The predicted molar refractivity (Wildman–Crippen MR) is 149 cm³/mol. The van der Waals surface area contributed by atoms with Crippen molar-refractivity contribution in [1.29, 1.82) is 0 Å². The van der Waals surface area contributed by atoms with Crippen LogP contribution in [0.1, 0.15) is 68.2 Å². The molecule has 5 aromatic rings. The maximum Gasteiger partial charge on any atom is 0.334 e. The number of hydrogen-bond donors (Lipinski definition) is 1. The van der Waals surface area contributed by atoms with E-state index in [-0.39, 0.29) is 17.5 Å². The van der Waals surface area contributed by atoms with Crippen LogP contribution in [0.3, 0.4) is 0 Å². The third kappa shape index (κ3) is 5.09. The van der Waals surface area contributed by atoms with Crippen LogP contribution in [-0.2, 0) is 13.0 Å². The Labute approximate surface area is 226 Å². The number of hydrogen-bond acceptors (Lipinski definition) is 6. The van der Waals surface area contributed by atoms with E-state index in [0.29, 0.717) is 23.8 Å². The molecule has 0 aliphatic rings. The minimum atomic E-state index is -0.171. The van der Waals surface area contributed by atoms with Crippen molar-refractivity contribution in [3.05, 3.63) is 88.4 Å². The molecule has 0 amide bonds. The summed E-state index contributed by atoms with van der Waals surface area (Å²) >= 11 is 0. The highest BCUT2D eigenvalue weighted by Gasteiger charge is 2.21. The fourth-order valence-electron chi connectivity index (χ4n) is 4.83. The monoisotopic (exact) mass is 524 g/mol. The fraction of sp³-hybridized carbons (Fsp3) is 0.310. The largest absolute Gasteiger partial charge is 0.334 e. The summed E-state index contributed by atoms with van der Waals surface area (Å²) in [5, 5.41) is 14.4. The summed E-state index contributed by atoms with van der Waals surface area (Å²) in [4.78, 5) is 31.0. The van der Waals surface area contributed by atoms with Gasteiger partial charge in [-0.05, 0) is 56.5 Å². The van der Waals surface area contributed by atoms with E-state index in [9.17, 15) is 9.59 Å². The molecule has 0 bridgehead atoms. The predicted octanol–water partition coefficient (Wildman–Crippen LogP) is 4.86. The number of pyridine rings is 1. The summed E-state index contributed by atoms with van der Waals surface area (Å²) in [6.45, 7) is 8.12. The molecule has 0 atom stereocenters. The van der Waals surface area contributed by atoms with Crippen LogP contribution in [0.15, 0.2) is 65.8 Å². The van der Waals surface area contributed by atoms with Gasteiger partial charge in [0, 0.05) is 41.5 Å². The van der Waals surface area contributed by atoms with Crippen molar-refractivity contribution in [1.82, 2.24) is 39.3 Å². The molecule has 0 aliphatic heterocycles. The van der Waals surface area contributed by atoms with Crippen LogP contribution >= 0.6 is 0 Å². The van der Waals surface area contributed by atoms with E-state index in [4.69, 9.17) is 4.98 Å². The molecule has 0 fully saturated rings. The van der Waals surface area contributed by atoms with Crippen molar-refractivity contribution in [2.75, 3.05) is 0 Å². The zero-order valence-electron chi connectivity index (χ0n) is 22.6. The van der Waals surface area contributed by atoms with Crippen molar-refractivity contribution in [2.24, 2.45) is 0 Å². The number of carbonyl (C=O) groups excluding carboxylic acids is 1. The summed E-state index contributed by atoms with van der Waals surface area (Å²) < 4.78 is 5.40. The number of nitrogens with one attached hydrogen (secondary N) is 1. The SMILES string of the molecule is CCCCc1cn(-c2c(C(C)=O)ccn2C(C)C)c(=O)n1Cc1ccc(-c2ccccc2-c2nn[nH]n2)nc1. The van der Waals surface area contributed by atoms with Crippen LogP contribution in [0.25, 0.3) is 28.5 Å². The standard InChI is InChI=1S/C29H32N8O2/c1-5-6-9-22-18-37(28-23(20(4)38)14-15-35(28)19(2)3)29(39)36(22)17-21-12-13-26(30-16-21)24-10-7-8-11-25(24)27-31-33-34-32-27/h7-8,10-16,18-19H,5-6,9,17H2,1-4H3,(H,31,32,33,34). The number of carbonyl (C=O) groups is 1. The highest BCUT2D eigenvalue weighted by molar-refractivity contribution is 5.97. The molecule has 5 rings (SSSR count). The number of rotatable bonds is 10. The zero-order chi connectivity index (χ0) is 27.5. The second-order valence-corrected chi connectivity index (χ2v) is 9.91. The second-order valence-electron chi connectivity index (χ2n) is 9.91. The number of aromatic nitrogens is 8. The second kappa shape index (κ2) is 11.0. The van der Waals surface area contributed by atoms with Crippen molar-refractivity contribution in [3.8, 4) is 28.5 Å². The highest BCUT2D eigenvalue weighted by Crippen LogP contribution is 2.28. The normalized spacial score (nSPS) is 11.4. The first-order valence-corrected chi connectivity index (χ1v) is 13.2. The summed E-state index contributed by atoms with van der Waals surface area (Å²) in [7, 11) is 0. The van der Waals surface area contributed by atoms with E-state index in [2.05, 4.69) is 27.5 Å². The van der Waals surface area contributed by atoms with Gasteiger partial charge in [0.25, 0.3) is 0 Å². The van der Waals surface area contributed by atoms with Gasteiger partial charge < -0.3 is 4.57 Å². The molecule has 0 spiro atoms. The lowest BCUT2D eigenvalue weighted by atomic mass is 10.0. The summed E-state index contributed by atoms with van der Waals surface area (Å²) in [5.41, 5.74) is 4.70. The lowest BCUT2D eigenvalue weighted by Crippen LogP contribution is -2.27. The lowest BCUT2D eigenvalue weighted by Gasteiger charge is -2.14. The molecule has 200 valence electrons. The molecule has 10 heteroatoms. The van der Waals surface area contributed by atoms with Crippen molar-refractivity contribution >= 4 is 5.78 Å². The molecule has 0 unspecified atom stereocenters. The molecule has 10 nitrogen and oxygen atoms in total. The number of unbranched alkanes of at least 4 members (excludes halogenated alkanes) is 1. The molecule has 39 heavy (non-hydrogen) atoms. The summed E-state index contributed by atoms with van der Waals surface area (Å²) in [5.74, 6) is 1.05. The number of aryl methyl sites for hydroxylation is 1. The maximum atomic E-state index is 13.8. The maximum absolute atomic E-state index is 13.8. The minimum absolute atomic E-state index is 0.0694. The van der Waals surface area contributed by atoms with Crippen LogP contribution in [0.4, 0.5) is 0 Å². The van der Waals surface area contributed by atoms with Gasteiger partial charge in [-0.25, -0.2) is 4.79 Å². The van der Waals surface area contributed by atoms with E-state index in [1.54, 1.807) is 21.4 Å². The quantitative estimate of drug-likeness (QED) is 0.261. The third-order valence-electron chi connectivity index (χ3n) is 6.85. The van der Waals surface area contributed by atoms with Gasteiger partial charge in [0.2, 0.25) is 5.82 Å². The van der Waals surface area contributed by atoms with Gasteiger partial charge in [-0.15, -0.1) is 10.2 Å². The Balaban J connectivity index is 1.52. The number of ketones is 1. The first kappa shape index (κ1) is 26.0. The Hall–Kier alpha value is -4.60. The van der Waals surface area contributed by atoms with Crippen LogP contribution < -0.4 is 5.69 Å². The molecule has 0 saturated heterocycles. The molecule has 1 aromatic carbocycles. The van der Waals surface area contributed by atoms with Gasteiger partial charge >= 0.3 is 5.69 Å². The fourth-order valence-corrected chi connectivity index (χ4v) is 4.83. The number of imidazole rings is 1. The van der Waals surface area contributed by atoms with E-state index >= 15 is 0 Å². The van der Waals surface area contributed by atoms with Crippen molar-refractivity contribution in [2.45, 2.75) is 59.5 Å². The van der Waals surface area contributed by atoms with Crippen LogP contribution in [-0.4, -0.2) is 45.1 Å². The topological polar surface area (TPSA) is 116 Å². The van der Waals surface area contributed by atoms with Crippen LogP contribution in [0.5, 0.6) is 0 Å². The highest BCUT2D eigenvalue weighted by atomic mass is 16.2. The van der Waals surface area contributed by atoms with E-state index in [1.807, 2.05) is 67.2 Å². The van der Waals surface area contributed by atoms with E-state index < -0.39 is 0 Å². The number of aromatic amines is 1. The van der Waals surface area contributed by atoms with E-state index in [1.165, 1.54) is 6.92 Å². The van der Waals surface area contributed by atoms with Crippen molar-refractivity contribution < 1.29 is 4.79 Å². The number of Topliss-reactive ketones (excluding diaryl/α,β-unsaturated/α-hetero) is 1. The third-order valence-corrected chi connectivity index (χ3v) is 6.85. The van der Waals surface area contributed by atoms with E-state index in [0.717, 1.165) is 47.3 Å². The van der Waals surface area contributed by atoms with Gasteiger partial charge in [0.1, 0.15) is 5.82 Å². The molecular weight excluding hydrogens is 492 g/mol. The molecule has 4 heterocycles. The Morgan fingerprint density at radius 1 is 1.08 bits per heavy atom. The smallest absolute Gasteiger partial charge is 0.331 e. The molecule has 4 aromatic heterocycles. The molecule has 1 N–H and O–H groups in total. The Bertz CT molecular complexity index is 1640. The molecule has 0 aliphatic carbocycles. The Kier molecular flexibility index (Phi) is 7.36. The Morgan fingerprint density at radius 3 is 2.51 bits per heavy atom. The Morgan fingerprint density at radius 2 is 1.87 bits per heavy atom. The number of H-pyrrole nitrogens is 1. The first-order valence-electron chi connectivity index (χ1n) is 13.2. The van der Waals surface area contributed by atoms with Gasteiger partial charge in [-0.1, -0.05) is 43.7 Å². The molecular formula is C29H32N8O2. The number of tetrazole rings is 1. The summed E-state index contributed by atoms with van der Waals surface area (Å²) in [6.07, 6.45) is 8.30. The van der Waals surface area contributed by atoms with Crippen LogP contribution in [0.2, 0.25) is 0 Å². The van der Waals surface area contributed by atoms with Gasteiger partial charge in [-0.2, -0.15) is 5.21 Å². The van der Waals surface area contributed by atoms with Crippen molar-refractivity contribution in [3.63, 3.8) is 0 Å². The summed E-state index contributed by atoms with van der Waals surface area (Å²) in [6, 6.07) is 13.6. The van der Waals surface area contributed by atoms with Gasteiger partial charge in [0.05, 0.1) is 17.8 Å². The first-order chi connectivity index (χ1) is 18.9. The molecule has 0 saturated carbocycles. The minimum Gasteiger partial charge on any atom is -0.331 e. The van der Waals surface area contributed by atoms with Gasteiger partial charge in [-0.3, -0.25) is 18.9 Å². The average Bonchev–Trinajstić information content (AvgIpc) is 3.68. The zero-order valence-corrected chi connectivity index (χ0v) is 22.6. The number of nitrogens with zero attached hydrogens (tertiary/aromatic N) is 7. The van der Waals surface area contributed by atoms with Crippen LogP contribution in [0, 0.1) is 0 Å². The average molecular weight is 525 g/mol. The molecule has 0 radical (unpaired) electrons. The number of benzene rings is 1.